The van der Waals surface area contributed by atoms with Crippen LogP contribution in [0.15, 0.2) is 0 Å². The van der Waals surface area contributed by atoms with Crippen molar-refractivity contribution in [3.63, 3.8) is 0 Å². The first-order valence-corrected chi connectivity index (χ1v) is 6.51. The molecule has 0 radical (unpaired) electrons. The van der Waals surface area contributed by atoms with Gasteiger partial charge >= 0.3 is 0 Å². The molecule has 78 valence electrons. The molecule has 0 spiro atoms. The molecule has 0 unspecified atom stereocenters. The van der Waals surface area contributed by atoms with Crippen molar-refractivity contribution in [3.05, 3.63) is 20.3 Å². The average Bonchev–Trinajstić information content (AvgIpc) is 2.42. The van der Waals surface area contributed by atoms with E-state index in [1.165, 1.54) is 54.5 Å². The minimum Gasteiger partial charge on any atom is -0.326 e. The van der Waals surface area contributed by atoms with Crippen molar-refractivity contribution >= 4 is 22.9 Å². The predicted octanol–water partition coefficient (Wildman–Crippen LogP) is 3.52. The van der Waals surface area contributed by atoms with E-state index in [9.17, 15) is 0 Å². The van der Waals surface area contributed by atoms with Crippen molar-refractivity contribution in [2.45, 2.75) is 45.1 Å². The van der Waals surface area contributed by atoms with Gasteiger partial charge in [-0.2, -0.15) is 0 Å². The van der Waals surface area contributed by atoms with Gasteiger partial charge in [0.25, 0.3) is 0 Å². The van der Waals surface area contributed by atoms with Crippen molar-refractivity contribution in [1.82, 2.24) is 0 Å². The molecule has 1 aliphatic rings. The normalized spacial score (nSPS) is 17.3. The number of fused-ring (bicyclic) bond motifs is 1. The fraction of sp³-hybridized carbons (Fsp3) is 0.636. The lowest BCUT2D eigenvalue weighted by atomic mass is 9.97. The molecule has 1 aliphatic carbocycles. The molecule has 2 N–H and O–H groups in total. The molecule has 0 bridgehead atoms. The molecule has 0 saturated carbocycles. The van der Waals surface area contributed by atoms with Gasteiger partial charge in [0.05, 0.1) is 4.34 Å². The standard InChI is InChI=1S/C11H16ClNS/c12-11-9(7-13)8-5-3-1-2-4-6-10(8)14-11/h1-7,13H2. The number of thiophene rings is 1. The zero-order valence-corrected chi connectivity index (χ0v) is 9.89. The van der Waals surface area contributed by atoms with Gasteiger partial charge in [0.1, 0.15) is 0 Å². The lowest BCUT2D eigenvalue weighted by molar-refractivity contribution is 0.620. The Morgan fingerprint density at radius 3 is 2.57 bits per heavy atom. The Hall–Kier alpha value is -0.0500. The molecule has 0 atom stereocenters. The van der Waals surface area contributed by atoms with Crippen LogP contribution in [-0.2, 0) is 19.4 Å². The number of hydrogen-bond acceptors (Lipinski definition) is 2. The number of rotatable bonds is 1. The van der Waals surface area contributed by atoms with Crippen LogP contribution in [0, 0.1) is 0 Å². The Morgan fingerprint density at radius 1 is 1.14 bits per heavy atom. The number of aryl methyl sites for hydroxylation is 1. The number of halogens is 1. The zero-order valence-electron chi connectivity index (χ0n) is 8.31. The summed E-state index contributed by atoms with van der Waals surface area (Å²) >= 11 is 7.93. The van der Waals surface area contributed by atoms with Crippen LogP contribution in [0.4, 0.5) is 0 Å². The van der Waals surface area contributed by atoms with Gasteiger partial charge in [-0.05, 0) is 36.8 Å². The first-order valence-electron chi connectivity index (χ1n) is 5.32. The van der Waals surface area contributed by atoms with Gasteiger partial charge in [0, 0.05) is 11.4 Å². The van der Waals surface area contributed by atoms with Crippen molar-refractivity contribution in [2.75, 3.05) is 0 Å². The summed E-state index contributed by atoms with van der Waals surface area (Å²) in [6.45, 7) is 0.602. The smallest absolute Gasteiger partial charge is 0.0978 e. The highest BCUT2D eigenvalue weighted by Gasteiger charge is 2.16. The summed E-state index contributed by atoms with van der Waals surface area (Å²) in [5.41, 5.74) is 8.42. The first-order chi connectivity index (χ1) is 6.83. The largest absolute Gasteiger partial charge is 0.326 e. The lowest BCUT2D eigenvalue weighted by Crippen LogP contribution is -2.03. The van der Waals surface area contributed by atoms with Crippen LogP contribution in [0.3, 0.4) is 0 Å². The maximum atomic E-state index is 6.18. The monoisotopic (exact) mass is 229 g/mol. The molecule has 1 aromatic rings. The van der Waals surface area contributed by atoms with Gasteiger partial charge in [-0.15, -0.1) is 11.3 Å². The van der Waals surface area contributed by atoms with Crippen LogP contribution in [0.25, 0.3) is 0 Å². The molecule has 14 heavy (non-hydrogen) atoms. The summed E-state index contributed by atoms with van der Waals surface area (Å²) < 4.78 is 0.930. The van der Waals surface area contributed by atoms with E-state index in [1.54, 1.807) is 11.3 Å². The molecule has 1 aromatic heterocycles. The van der Waals surface area contributed by atoms with Crippen LogP contribution < -0.4 is 5.73 Å². The van der Waals surface area contributed by atoms with E-state index in [1.807, 2.05) is 0 Å². The van der Waals surface area contributed by atoms with Gasteiger partial charge in [0.2, 0.25) is 0 Å². The van der Waals surface area contributed by atoms with Gasteiger partial charge in [-0.3, -0.25) is 0 Å². The minimum atomic E-state index is 0.602. The van der Waals surface area contributed by atoms with E-state index in [-0.39, 0.29) is 0 Å². The third-order valence-corrected chi connectivity index (χ3v) is 4.52. The molecule has 1 heterocycles. The van der Waals surface area contributed by atoms with Crippen molar-refractivity contribution in [1.29, 1.82) is 0 Å². The summed E-state index contributed by atoms with van der Waals surface area (Å²) in [5, 5.41) is 0. The summed E-state index contributed by atoms with van der Waals surface area (Å²) in [7, 11) is 0. The van der Waals surface area contributed by atoms with E-state index in [0.29, 0.717) is 6.54 Å². The fourth-order valence-electron chi connectivity index (χ4n) is 2.15. The van der Waals surface area contributed by atoms with E-state index in [2.05, 4.69) is 0 Å². The lowest BCUT2D eigenvalue weighted by Gasteiger charge is -2.10. The first kappa shape index (κ1) is 10.5. The molecular weight excluding hydrogens is 214 g/mol. The van der Waals surface area contributed by atoms with Gasteiger partial charge in [0.15, 0.2) is 0 Å². The second kappa shape index (κ2) is 4.65. The second-order valence-corrected chi connectivity index (χ2v) is 5.58. The SMILES string of the molecule is NCc1c(Cl)sc2c1CCCCCC2. The quantitative estimate of drug-likeness (QED) is 0.784. The van der Waals surface area contributed by atoms with Gasteiger partial charge in [-0.25, -0.2) is 0 Å². The van der Waals surface area contributed by atoms with E-state index < -0.39 is 0 Å². The molecule has 0 saturated heterocycles. The Kier molecular flexibility index (Phi) is 3.47. The van der Waals surface area contributed by atoms with Gasteiger partial charge in [-0.1, -0.05) is 24.4 Å². The molecule has 0 aromatic carbocycles. The Bertz CT molecular complexity index is 319. The van der Waals surface area contributed by atoms with E-state index >= 15 is 0 Å². The molecule has 0 aliphatic heterocycles. The fourth-order valence-corrected chi connectivity index (χ4v) is 3.77. The van der Waals surface area contributed by atoms with Crippen LogP contribution >= 0.6 is 22.9 Å². The Balaban J connectivity index is 2.34. The van der Waals surface area contributed by atoms with E-state index in [0.717, 1.165) is 4.34 Å². The molecule has 1 nitrogen and oxygen atoms in total. The van der Waals surface area contributed by atoms with Gasteiger partial charge < -0.3 is 5.73 Å². The Labute approximate surface area is 94.3 Å². The molecule has 2 rings (SSSR count). The Morgan fingerprint density at radius 2 is 1.86 bits per heavy atom. The average molecular weight is 230 g/mol. The molecule has 0 amide bonds. The highest BCUT2D eigenvalue weighted by Crippen LogP contribution is 2.35. The van der Waals surface area contributed by atoms with Crippen molar-refractivity contribution in [2.24, 2.45) is 5.73 Å². The maximum Gasteiger partial charge on any atom is 0.0978 e. The van der Waals surface area contributed by atoms with Crippen LogP contribution in [0.2, 0.25) is 4.34 Å². The van der Waals surface area contributed by atoms with Crippen molar-refractivity contribution < 1.29 is 0 Å². The third kappa shape index (κ3) is 1.97. The summed E-state index contributed by atoms with van der Waals surface area (Å²) in [6, 6.07) is 0. The topological polar surface area (TPSA) is 26.0 Å². The van der Waals surface area contributed by atoms with Crippen molar-refractivity contribution in [3.8, 4) is 0 Å². The summed E-state index contributed by atoms with van der Waals surface area (Å²) in [5.74, 6) is 0. The highest BCUT2D eigenvalue weighted by molar-refractivity contribution is 7.16. The maximum absolute atomic E-state index is 6.18. The van der Waals surface area contributed by atoms with E-state index in [4.69, 9.17) is 17.3 Å². The molecule has 0 fully saturated rings. The minimum absolute atomic E-state index is 0.602. The zero-order chi connectivity index (χ0) is 9.97. The molecular formula is C11H16ClNS. The number of nitrogens with two attached hydrogens (primary N) is 1. The predicted molar refractivity (Wildman–Crippen MR) is 63.1 cm³/mol. The third-order valence-electron chi connectivity index (χ3n) is 2.94. The molecule has 3 heteroatoms. The van der Waals surface area contributed by atoms with Crippen LogP contribution in [-0.4, -0.2) is 0 Å². The van der Waals surface area contributed by atoms with Crippen LogP contribution in [0.1, 0.15) is 41.7 Å². The van der Waals surface area contributed by atoms with Crippen LogP contribution in [0.5, 0.6) is 0 Å². The second-order valence-electron chi connectivity index (χ2n) is 3.87. The number of hydrogen-bond donors (Lipinski definition) is 1. The summed E-state index contributed by atoms with van der Waals surface area (Å²) in [6.07, 6.45) is 7.73. The summed E-state index contributed by atoms with van der Waals surface area (Å²) in [4.78, 5) is 1.50. The highest BCUT2D eigenvalue weighted by atomic mass is 35.5.